The molecular formula is C14H19ClN2O3. The van der Waals surface area contributed by atoms with Gasteiger partial charge in [-0.3, -0.25) is 9.59 Å². The van der Waals surface area contributed by atoms with Crippen LogP contribution in [0, 0.1) is 0 Å². The molecule has 2 rings (SSSR count). The molecular weight excluding hydrogens is 280 g/mol. The van der Waals surface area contributed by atoms with E-state index < -0.39 is 5.97 Å². The molecule has 1 saturated carbocycles. The Labute approximate surface area is 123 Å². The third-order valence-electron chi connectivity index (χ3n) is 3.39. The molecule has 1 aliphatic rings. The molecule has 0 unspecified atom stereocenters. The molecule has 1 aromatic rings. The minimum absolute atomic E-state index is 0.0551. The molecule has 1 aliphatic carbocycles. The maximum absolute atomic E-state index is 12.6. The van der Waals surface area contributed by atoms with Crippen LogP contribution in [0.25, 0.3) is 0 Å². The van der Waals surface area contributed by atoms with Crippen LogP contribution in [-0.4, -0.2) is 41.0 Å². The molecule has 0 atom stereocenters. The lowest BCUT2D eigenvalue weighted by molar-refractivity contribution is -0.141. The summed E-state index contributed by atoms with van der Waals surface area (Å²) in [7, 11) is 1.31. The van der Waals surface area contributed by atoms with E-state index in [0.717, 1.165) is 12.8 Å². The third kappa shape index (κ3) is 3.15. The zero-order valence-electron chi connectivity index (χ0n) is 11.9. The minimum atomic E-state index is -0.428. The molecule has 1 amide bonds. The molecule has 20 heavy (non-hydrogen) atoms. The molecule has 0 bridgehead atoms. The van der Waals surface area contributed by atoms with Gasteiger partial charge in [-0.2, -0.15) is 0 Å². The zero-order valence-corrected chi connectivity index (χ0v) is 12.7. The van der Waals surface area contributed by atoms with Gasteiger partial charge in [-0.15, -0.1) is 0 Å². The van der Waals surface area contributed by atoms with Crippen LogP contribution < -0.4 is 0 Å². The van der Waals surface area contributed by atoms with Crippen molar-refractivity contribution in [1.29, 1.82) is 0 Å². The van der Waals surface area contributed by atoms with Crippen LogP contribution in [-0.2, 0) is 9.53 Å². The predicted octanol–water partition coefficient (Wildman–Crippen LogP) is 2.50. The van der Waals surface area contributed by atoms with Gasteiger partial charge in [-0.25, -0.2) is 0 Å². The zero-order chi connectivity index (χ0) is 14.9. The van der Waals surface area contributed by atoms with Gasteiger partial charge in [-0.1, -0.05) is 11.6 Å². The second kappa shape index (κ2) is 5.87. The van der Waals surface area contributed by atoms with Crippen molar-refractivity contribution in [3.8, 4) is 0 Å². The first kappa shape index (κ1) is 14.9. The summed E-state index contributed by atoms with van der Waals surface area (Å²) in [5, 5.41) is 0.544. The minimum Gasteiger partial charge on any atom is -0.468 e. The lowest BCUT2D eigenvalue weighted by Crippen LogP contribution is -2.41. The molecule has 0 aliphatic heterocycles. The molecule has 110 valence electrons. The van der Waals surface area contributed by atoms with Crippen molar-refractivity contribution in [2.45, 2.75) is 38.8 Å². The highest BCUT2D eigenvalue weighted by Crippen LogP contribution is 2.37. The van der Waals surface area contributed by atoms with Crippen molar-refractivity contribution < 1.29 is 14.3 Å². The first-order chi connectivity index (χ1) is 9.43. The van der Waals surface area contributed by atoms with Gasteiger partial charge in [0.1, 0.15) is 12.2 Å². The van der Waals surface area contributed by atoms with Gasteiger partial charge in [0.05, 0.1) is 12.1 Å². The van der Waals surface area contributed by atoms with Gasteiger partial charge >= 0.3 is 5.97 Å². The van der Waals surface area contributed by atoms with Crippen LogP contribution in [0.2, 0.25) is 5.02 Å². The number of hydrogen-bond acceptors (Lipinski definition) is 3. The van der Waals surface area contributed by atoms with E-state index in [-0.39, 0.29) is 18.5 Å². The van der Waals surface area contributed by atoms with Gasteiger partial charge in [0.2, 0.25) is 0 Å². The van der Waals surface area contributed by atoms with Crippen molar-refractivity contribution in [3.63, 3.8) is 0 Å². The van der Waals surface area contributed by atoms with Crippen molar-refractivity contribution in [2.75, 3.05) is 13.7 Å². The third-order valence-corrected chi connectivity index (χ3v) is 3.59. The van der Waals surface area contributed by atoms with Crippen molar-refractivity contribution in [1.82, 2.24) is 9.47 Å². The second-order valence-electron chi connectivity index (χ2n) is 5.28. The van der Waals surface area contributed by atoms with Crippen LogP contribution in [0.5, 0.6) is 0 Å². The monoisotopic (exact) mass is 298 g/mol. The molecule has 0 aromatic carbocycles. The first-order valence-electron chi connectivity index (χ1n) is 6.69. The summed E-state index contributed by atoms with van der Waals surface area (Å²) in [4.78, 5) is 25.6. The molecule has 1 aromatic heterocycles. The summed E-state index contributed by atoms with van der Waals surface area (Å²) in [5.41, 5.74) is 0.537. The summed E-state index contributed by atoms with van der Waals surface area (Å²) in [6, 6.07) is 1.92. The number of ether oxygens (including phenoxy) is 1. The largest absolute Gasteiger partial charge is 0.468 e. The normalized spacial score (nSPS) is 14.4. The summed E-state index contributed by atoms with van der Waals surface area (Å²) < 4.78 is 6.56. The molecule has 0 saturated heterocycles. The summed E-state index contributed by atoms with van der Waals surface area (Å²) in [6.45, 7) is 3.68. The predicted molar refractivity (Wildman–Crippen MR) is 75.9 cm³/mol. The molecule has 0 spiro atoms. The summed E-state index contributed by atoms with van der Waals surface area (Å²) in [6.07, 6.45) is 3.90. The number of carbonyl (C=O) groups is 2. The number of rotatable bonds is 5. The van der Waals surface area contributed by atoms with Crippen LogP contribution in [0.1, 0.15) is 43.2 Å². The van der Waals surface area contributed by atoms with Gasteiger partial charge in [0, 0.05) is 18.3 Å². The first-order valence-corrected chi connectivity index (χ1v) is 7.07. The Morgan fingerprint density at radius 3 is 2.65 bits per heavy atom. The van der Waals surface area contributed by atoms with Gasteiger partial charge in [0.25, 0.3) is 5.91 Å². The number of methoxy groups -OCH3 is 1. The molecule has 0 N–H and O–H groups in total. The van der Waals surface area contributed by atoms with Crippen LogP contribution in [0.4, 0.5) is 0 Å². The Kier molecular flexibility index (Phi) is 4.38. The number of carbonyl (C=O) groups excluding carboxylic acids is 2. The van der Waals surface area contributed by atoms with Crippen molar-refractivity contribution in [2.24, 2.45) is 0 Å². The van der Waals surface area contributed by atoms with Gasteiger partial charge in [-0.05, 0) is 32.8 Å². The molecule has 0 radical (unpaired) electrons. The number of nitrogens with zero attached hydrogens (tertiary/aromatic N) is 2. The Morgan fingerprint density at radius 1 is 1.50 bits per heavy atom. The highest BCUT2D eigenvalue weighted by Gasteiger charge is 2.31. The average Bonchev–Trinajstić information content (AvgIpc) is 3.17. The number of hydrogen-bond donors (Lipinski definition) is 0. The Hall–Kier alpha value is -1.49. The van der Waals surface area contributed by atoms with E-state index in [1.54, 1.807) is 12.3 Å². The van der Waals surface area contributed by atoms with E-state index >= 15 is 0 Å². The second-order valence-corrected chi connectivity index (χ2v) is 5.72. The number of aromatic nitrogens is 1. The quantitative estimate of drug-likeness (QED) is 0.785. The maximum Gasteiger partial charge on any atom is 0.325 e. The van der Waals surface area contributed by atoms with Crippen LogP contribution in [0.3, 0.4) is 0 Å². The Morgan fingerprint density at radius 2 is 2.15 bits per heavy atom. The van der Waals surface area contributed by atoms with E-state index in [1.165, 1.54) is 12.0 Å². The van der Waals surface area contributed by atoms with E-state index in [1.807, 2.05) is 18.4 Å². The molecule has 6 heteroatoms. The van der Waals surface area contributed by atoms with Crippen molar-refractivity contribution >= 4 is 23.5 Å². The molecule has 1 heterocycles. The Bertz CT molecular complexity index is 520. The standard InChI is InChI=1S/C14H19ClN2O3/c1-9(2)16(8-13(18)20-3)14(19)12-6-10(15)7-17(12)11-4-5-11/h6-7,9,11H,4-5,8H2,1-3H3. The van der Waals surface area contributed by atoms with Crippen LogP contribution >= 0.6 is 11.6 Å². The van der Waals surface area contributed by atoms with Crippen molar-refractivity contribution in [3.05, 3.63) is 23.0 Å². The fourth-order valence-electron chi connectivity index (χ4n) is 2.11. The smallest absolute Gasteiger partial charge is 0.325 e. The fourth-order valence-corrected chi connectivity index (χ4v) is 2.32. The number of halogens is 1. The van der Waals surface area contributed by atoms with E-state index in [9.17, 15) is 9.59 Å². The maximum atomic E-state index is 12.6. The van der Waals surface area contributed by atoms with E-state index in [2.05, 4.69) is 4.74 Å². The van der Waals surface area contributed by atoms with Gasteiger partial charge in [0.15, 0.2) is 0 Å². The average molecular weight is 299 g/mol. The van der Waals surface area contributed by atoms with E-state index in [0.29, 0.717) is 16.8 Å². The highest BCUT2D eigenvalue weighted by molar-refractivity contribution is 6.31. The Balaban J connectivity index is 2.25. The SMILES string of the molecule is COC(=O)CN(C(=O)c1cc(Cl)cn1C1CC1)C(C)C. The topological polar surface area (TPSA) is 51.5 Å². The lowest BCUT2D eigenvalue weighted by Gasteiger charge is -2.26. The lowest BCUT2D eigenvalue weighted by atomic mass is 10.2. The highest BCUT2D eigenvalue weighted by atomic mass is 35.5. The molecule has 1 fully saturated rings. The number of amides is 1. The number of esters is 1. The van der Waals surface area contributed by atoms with Gasteiger partial charge < -0.3 is 14.2 Å². The summed E-state index contributed by atoms with van der Waals surface area (Å²) in [5.74, 6) is -0.619. The van der Waals surface area contributed by atoms with Crippen LogP contribution in [0.15, 0.2) is 12.3 Å². The summed E-state index contributed by atoms with van der Waals surface area (Å²) >= 11 is 6.02. The van der Waals surface area contributed by atoms with E-state index in [4.69, 9.17) is 11.6 Å². The molecule has 5 nitrogen and oxygen atoms in total. The fraction of sp³-hybridized carbons (Fsp3) is 0.571.